The molecule has 1 heterocycles. The predicted octanol–water partition coefficient (Wildman–Crippen LogP) is 2.03. The van der Waals surface area contributed by atoms with Gasteiger partial charge < -0.3 is 15.0 Å². The average Bonchev–Trinajstić information content (AvgIpc) is 2.68. The van der Waals surface area contributed by atoms with Crippen LogP contribution >= 0.6 is 0 Å². The molecule has 0 aliphatic carbocycles. The fraction of sp³-hybridized carbons (Fsp3) is 0.429. The first-order valence-electron chi connectivity index (χ1n) is 6.33. The first kappa shape index (κ1) is 13.5. The number of aromatic nitrogens is 3. The molecule has 5 heteroatoms. The lowest BCUT2D eigenvalue weighted by atomic mass is 10.1. The van der Waals surface area contributed by atoms with E-state index in [9.17, 15) is 0 Å². The van der Waals surface area contributed by atoms with E-state index < -0.39 is 0 Å². The van der Waals surface area contributed by atoms with Crippen LogP contribution in [0.25, 0.3) is 0 Å². The molecule has 0 spiro atoms. The van der Waals surface area contributed by atoms with Crippen molar-refractivity contribution in [3.8, 4) is 5.75 Å². The van der Waals surface area contributed by atoms with E-state index in [1.54, 1.807) is 0 Å². The van der Waals surface area contributed by atoms with Gasteiger partial charge in [-0.05, 0) is 38.0 Å². The number of nitrogens with zero attached hydrogens (tertiary/aromatic N) is 3. The summed E-state index contributed by atoms with van der Waals surface area (Å²) in [6, 6.07) is 6.04. The topological polar surface area (TPSA) is 66.0 Å². The maximum atomic E-state index is 5.86. The number of hydrogen-bond donors (Lipinski definition) is 1. The molecule has 19 heavy (non-hydrogen) atoms. The van der Waals surface area contributed by atoms with E-state index >= 15 is 0 Å². The molecule has 2 N–H and O–H groups in total. The zero-order chi connectivity index (χ0) is 14.0. The summed E-state index contributed by atoms with van der Waals surface area (Å²) < 4.78 is 7.71. The summed E-state index contributed by atoms with van der Waals surface area (Å²) in [5, 5.41) is 8.08. The molecule has 102 valence electrons. The lowest BCUT2D eigenvalue weighted by Gasteiger charge is -2.12. The molecular formula is C14H20N4O. The third-order valence-electron chi connectivity index (χ3n) is 3.26. The molecule has 0 unspecified atom stereocenters. The van der Waals surface area contributed by atoms with Gasteiger partial charge in [0.2, 0.25) is 0 Å². The number of ether oxygens (including phenoxy) is 1. The first-order valence-corrected chi connectivity index (χ1v) is 6.33. The maximum absolute atomic E-state index is 5.86. The van der Waals surface area contributed by atoms with Crippen LogP contribution in [-0.4, -0.2) is 14.8 Å². The van der Waals surface area contributed by atoms with E-state index in [-0.39, 0.29) is 6.04 Å². The summed E-state index contributed by atoms with van der Waals surface area (Å²) in [7, 11) is 1.93. The van der Waals surface area contributed by atoms with E-state index in [0.29, 0.717) is 6.61 Å². The van der Waals surface area contributed by atoms with Crippen molar-refractivity contribution in [1.82, 2.24) is 14.8 Å². The van der Waals surface area contributed by atoms with Crippen LogP contribution in [0.5, 0.6) is 5.75 Å². The Morgan fingerprint density at radius 3 is 2.58 bits per heavy atom. The summed E-state index contributed by atoms with van der Waals surface area (Å²) in [4.78, 5) is 0. The van der Waals surface area contributed by atoms with Crippen LogP contribution in [0.2, 0.25) is 0 Å². The summed E-state index contributed by atoms with van der Waals surface area (Å²) in [5.74, 6) is 2.54. The van der Waals surface area contributed by atoms with Crippen LogP contribution in [0.1, 0.15) is 35.7 Å². The van der Waals surface area contributed by atoms with E-state index in [1.807, 2.05) is 44.5 Å². The highest BCUT2D eigenvalue weighted by Crippen LogP contribution is 2.22. The Morgan fingerprint density at radius 1 is 1.32 bits per heavy atom. The van der Waals surface area contributed by atoms with E-state index in [4.69, 9.17) is 10.5 Å². The van der Waals surface area contributed by atoms with Gasteiger partial charge in [-0.2, -0.15) is 0 Å². The summed E-state index contributed by atoms with van der Waals surface area (Å²) in [5.41, 5.74) is 8.05. The van der Waals surface area contributed by atoms with Crippen molar-refractivity contribution in [2.24, 2.45) is 12.8 Å². The standard InChI is InChI=1S/C14H20N4O/c1-9-7-12(10(2)15)5-6-13(9)19-8-14-17-16-11(3)18(14)4/h5-7,10H,8,15H2,1-4H3/t10-/m0/s1. The van der Waals surface area contributed by atoms with E-state index in [0.717, 1.165) is 28.5 Å². The van der Waals surface area contributed by atoms with Crippen LogP contribution in [0.4, 0.5) is 0 Å². The van der Waals surface area contributed by atoms with Gasteiger partial charge in [-0.1, -0.05) is 12.1 Å². The number of hydrogen-bond acceptors (Lipinski definition) is 4. The number of aryl methyl sites for hydroxylation is 2. The molecule has 0 radical (unpaired) electrons. The Labute approximate surface area is 113 Å². The van der Waals surface area contributed by atoms with Crippen molar-refractivity contribution < 1.29 is 4.74 Å². The van der Waals surface area contributed by atoms with Crippen LogP contribution in [-0.2, 0) is 13.7 Å². The Kier molecular flexibility index (Phi) is 3.85. The van der Waals surface area contributed by atoms with Crippen molar-refractivity contribution in [2.75, 3.05) is 0 Å². The Morgan fingerprint density at radius 2 is 2.05 bits per heavy atom. The van der Waals surface area contributed by atoms with Gasteiger partial charge >= 0.3 is 0 Å². The molecule has 0 saturated heterocycles. The largest absolute Gasteiger partial charge is 0.485 e. The van der Waals surface area contributed by atoms with Gasteiger partial charge in [0.15, 0.2) is 5.82 Å². The van der Waals surface area contributed by atoms with E-state index in [1.165, 1.54) is 0 Å². The third kappa shape index (κ3) is 2.93. The zero-order valence-electron chi connectivity index (χ0n) is 11.8. The maximum Gasteiger partial charge on any atom is 0.170 e. The molecule has 0 fully saturated rings. The minimum Gasteiger partial charge on any atom is -0.485 e. The molecule has 0 aliphatic rings. The number of rotatable bonds is 4. The first-order chi connectivity index (χ1) is 8.99. The van der Waals surface area contributed by atoms with Crippen LogP contribution in [0.3, 0.4) is 0 Å². The van der Waals surface area contributed by atoms with Crippen molar-refractivity contribution in [3.05, 3.63) is 41.0 Å². The van der Waals surface area contributed by atoms with Crippen LogP contribution in [0.15, 0.2) is 18.2 Å². The summed E-state index contributed by atoms with van der Waals surface area (Å²) in [6.07, 6.45) is 0. The predicted molar refractivity (Wildman–Crippen MR) is 73.9 cm³/mol. The van der Waals surface area contributed by atoms with Crippen molar-refractivity contribution in [3.63, 3.8) is 0 Å². The quantitative estimate of drug-likeness (QED) is 0.913. The number of nitrogens with two attached hydrogens (primary N) is 1. The molecule has 0 amide bonds. The summed E-state index contributed by atoms with van der Waals surface area (Å²) >= 11 is 0. The smallest absolute Gasteiger partial charge is 0.170 e. The zero-order valence-corrected chi connectivity index (χ0v) is 11.8. The Bertz CT molecular complexity index is 575. The van der Waals surface area contributed by atoms with Gasteiger partial charge in [-0.3, -0.25) is 0 Å². The molecular weight excluding hydrogens is 240 g/mol. The summed E-state index contributed by atoms with van der Waals surface area (Å²) in [6.45, 7) is 6.32. The molecule has 0 saturated carbocycles. The molecule has 2 aromatic rings. The Balaban J connectivity index is 2.10. The molecule has 1 atom stereocenters. The SMILES string of the molecule is Cc1cc([C@H](C)N)ccc1OCc1nnc(C)n1C. The van der Waals surface area contributed by atoms with Gasteiger partial charge in [0.25, 0.3) is 0 Å². The minimum atomic E-state index is 0.0362. The molecule has 5 nitrogen and oxygen atoms in total. The second-order valence-electron chi connectivity index (χ2n) is 4.82. The molecule has 0 aliphatic heterocycles. The monoisotopic (exact) mass is 260 g/mol. The number of benzene rings is 1. The van der Waals surface area contributed by atoms with Crippen molar-refractivity contribution >= 4 is 0 Å². The fourth-order valence-electron chi connectivity index (χ4n) is 1.84. The van der Waals surface area contributed by atoms with Gasteiger partial charge in [0.05, 0.1) is 0 Å². The highest BCUT2D eigenvalue weighted by molar-refractivity contribution is 5.37. The van der Waals surface area contributed by atoms with Crippen LogP contribution in [0, 0.1) is 13.8 Å². The van der Waals surface area contributed by atoms with Crippen molar-refractivity contribution in [1.29, 1.82) is 0 Å². The van der Waals surface area contributed by atoms with Gasteiger partial charge in [0, 0.05) is 13.1 Å². The molecule has 1 aromatic carbocycles. The molecule has 0 bridgehead atoms. The highest BCUT2D eigenvalue weighted by atomic mass is 16.5. The van der Waals surface area contributed by atoms with E-state index in [2.05, 4.69) is 16.3 Å². The molecule has 1 aromatic heterocycles. The fourth-order valence-corrected chi connectivity index (χ4v) is 1.84. The lowest BCUT2D eigenvalue weighted by molar-refractivity contribution is 0.289. The van der Waals surface area contributed by atoms with Crippen molar-refractivity contribution in [2.45, 2.75) is 33.4 Å². The van der Waals surface area contributed by atoms with Gasteiger partial charge in [-0.15, -0.1) is 10.2 Å². The molecule has 2 rings (SSSR count). The normalized spacial score (nSPS) is 12.5. The lowest BCUT2D eigenvalue weighted by Crippen LogP contribution is -2.07. The second-order valence-corrected chi connectivity index (χ2v) is 4.82. The van der Waals surface area contributed by atoms with Crippen LogP contribution < -0.4 is 10.5 Å². The average molecular weight is 260 g/mol. The van der Waals surface area contributed by atoms with Gasteiger partial charge in [-0.25, -0.2) is 0 Å². The Hall–Kier alpha value is -1.88. The second kappa shape index (κ2) is 5.40. The highest BCUT2D eigenvalue weighted by Gasteiger charge is 2.08. The third-order valence-corrected chi connectivity index (χ3v) is 3.26. The minimum absolute atomic E-state index is 0.0362. The van der Waals surface area contributed by atoms with Gasteiger partial charge in [0.1, 0.15) is 18.2 Å².